The molecule has 0 amide bonds. The maximum Gasteiger partial charge on any atom is 0.274 e. The van der Waals surface area contributed by atoms with Gasteiger partial charge in [0.25, 0.3) is 5.69 Å². The van der Waals surface area contributed by atoms with Gasteiger partial charge in [0.1, 0.15) is 0 Å². The fraction of sp³-hybridized carbons (Fsp3) is 0.538. The molecule has 1 aromatic rings. The largest absolute Gasteiger partial charge is 0.383 e. The molecule has 3 N–H and O–H groups in total. The molecule has 0 aromatic heterocycles. The number of nitro groups is 1. The molecular formula is C13H20BrN3O3. The van der Waals surface area contributed by atoms with Crippen LogP contribution in [0.15, 0.2) is 16.6 Å². The van der Waals surface area contributed by atoms with Gasteiger partial charge in [-0.15, -0.1) is 0 Å². The summed E-state index contributed by atoms with van der Waals surface area (Å²) in [6.07, 6.45) is 1.71. The highest BCUT2D eigenvalue weighted by molar-refractivity contribution is 9.10. The van der Waals surface area contributed by atoms with Crippen LogP contribution in [-0.2, 0) is 4.74 Å². The van der Waals surface area contributed by atoms with Gasteiger partial charge in [0, 0.05) is 29.3 Å². The Morgan fingerprint density at radius 2 is 2.25 bits per heavy atom. The molecule has 0 saturated heterocycles. The third kappa shape index (κ3) is 4.73. The normalized spacial score (nSPS) is 12.2. The van der Waals surface area contributed by atoms with Crippen molar-refractivity contribution in [3.63, 3.8) is 0 Å². The topological polar surface area (TPSA) is 90.4 Å². The number of nitro benzene ring substituents is 1. The predicted octanol–water partition coefficient (Wildman–Crippen LogP) is 2.83. The van der Waals surface area contributed by atoms with Gasteiger partial charge in [-0.2, -0.15) is 0 Å². The summed E-state index contributed by atoms with van der Waals surface area (Å²) >= 11 is 3.43. The first-order chi connectivity index (χ1) is 9.49. The molecule has 6 nitrogen and oxygen atoms in total. The fourth-order valence-electron chi connectivity index (χ4n) is 1.95. The van der Waals surface area contributed by atoms with E-state index in [0.717, 1.165) is 17.3 Å². The molecule has 112 valence electrons. The molecule has 7 heteroatoms. The van der Waals surface area contributed by atoms with Crippen LogP contribution < -0.4 is 11.1 Å². The Kier molecular flexibility index (Phi) is 6.90. The van der Waals surface area contributed by atoms with Crippen LogP contribution in [0.3, 0.4) is 0 Å². The van der Waals surface area contributed by atoms with Crippen molar-refractivity contribution >= 4 is 27.3 Å². The number of nitrogens with zero attached hydrogens (tertiary/aromatic N) is 1. The third-order valence-electron chi connectivity index (χ3n) is 2.97. The van der Waals surface area contributed by atoms with E-state index in [9.17, 15) is 10.1 Å². The molecule has 20 heavy (non-hydrogen) atoms. The maximum atomic E-state index is 11.0. The summed E-state index contributed by atoms with van der Waals surface area (Å²) in [6, 6.07) is 3.36. The van der Waals surface area contributed by atoms with Crippen molar-refractivity contribution in [2.24, 2.45) is 5.73 Å². The third-order valence-corrected chi connectivity index (χ3v) is 3.62. The maximum absolute atomic E-state index is 11.0. The van der Waals surface area contributed by atoms with Crippen LogP contribution in [0.2, 0.25) is 0 Å². The van der Waals surface area contributed by atoms with E-state index in [2.05, 4.69) is 21.2 Å². The minimum absolute atomic E-state index is 0.0714. The molecule has 0 saturated carbocycles. The van der Waals surface area contributed by atoms with E-state index in [4.69, 9.17) is 10.5 Å². The summed E-state index contributed by atoms with van der Waals surface area (Å²) in [6.45, 7) is 2.85. The van der Waals surface area contributed by atoms with Gasteiger partial charge in [-0.3, -0.25) is 10.1 Å². The Morgan fingerprint density at radius 3 is 2.80 bits per heavy atom. The van der Waals surface area contributed by atoms with E-state index in [1.54, 1.807) is 26.2 Å². The summed E-state index contributed by atoms with van der Waals surface area (Å²) in [5, 5.41) is 14.3. The van der Waals surface area contributed by atoms with E-state index in [1.165, 1.54) is 0 Å². The van der Waals surface area contributed by atoms with Crippen molar-refractivity contribution < 1.29 is 9.66 Å². The van der Waals surface area contributed by atoms with Crippen LogP contribution in [0.5, 0.6) is 0 Å². The summed E-state index contributed by atoms with van der Waals surface area (Å²) < 4.78 is 5.96. The van der Waals surface area contributed by atoms with Crippen LogP contribution >= 0.6 is 15.9 Å². The van der Waals surface area contributed by atoms with E-state index < -0.39 is 0 Å². The zero-order valence-electron chi connectivity index (χ0n) is 11.7. The zero-order valence-corrected chi connectivity index (χ0v) is 13.3. The minimum atomic E-state index is -0.377. The number of hydrogen-bond donors (Lipinski definition) is 2. The standard InChI is InChI=1S/C13H20BrN3O3/c1-9-6-11(14)12(7-13(9)17(18)19)16-10(8-20-2)4-3-5-15/h6-7,10,16H,3-5,8,15H2,1-2H3. The second-order valence-corrected chi connectivity index (χ2v) is 5.46. The number of anilines is 1. The van der Waals surface area contributed by atoms with Crippen molar-refractivity contribution in [3.05, 3.63) is 32.3 Å². The number of halogens is 1. The van der Waals surface area contributed by atoms with Crippen molar-refractivity contribution in [1.82, 2.24) is 0 Å². The highest BCUT2D eigenvalue weighted by Gasteiger charge is 2.16. The second-order valence-electron chi connectivity index (χ2n) is 4.60. The van der Waals surface area contributed by atoms with Crippen molar-refractivity contribution in [2.75, 3.05) is 25.6 Å². The molecule has 0 aliphatic rings. The number of rotatable bonds is 8. The molecule has 0 aliphatic carbocycles. The Bertz CT molecular complexity index is 468. The lowest BCUT2D eigenvalue weighted by molar-refractivity contribution is -0.385. The van der Waals surface area contributed by atoms with Crippen LogP contribution in [0.25, 0.3) is 0 Å². The van der Waals surface area contributed by atoms with Gasteiger partial charge in [0.2, 0.25) is 0 Å². The SMILES string of the molecule is COCC(CCCN)Nc1cc([N+](=O)[O-])c(C)cc1Br. The molecule has 1 rings (SSSR count). The van der Waals surface area contributed by atoms with Gasteiger partial charge in [-0.25, -0.2) is 0 Å². The molecule has 1 atom stereocenters. The Morgan fingerprint density at radius 1 is 1.55 bits per heavy atom. The molecule has 1 unspecified atom stereocenters. The van der Waals surface area contributed by atoms with Crippen molar-refractivity contribution in [2.45, 2.75) is 25.8 Å². The Balaban J connectivity index is 2.93. The van der Waals surface area contributed by atoms with Gasteiger partial charge in [-0.1, -0.05) is 0 Å². The average molecular weight is 346 g/mol. The van der Waals surface area contributed by atoms with Gasteiger partial charge >= 0.3 is 0 Å². The van der Waals surface area contributed by atoms with Crippen LogP contribution in [0.1, 0.15) is 18.4 Å². The number of aryl methyl sites for hydroxylation is 1. The summed E-state index contributed by atoms with van der Waals surface area (Å²) in [5.74, 6) is 0. The number of ether oxygens (including phenoxy) is 1. The second kappa shape index (κ2) is 8.18. The van der Waals surface area contributed by atoms with E-state index in [0.29, 0.717) is 24.4 Å². The van der Waals surface area contributed by atoms with Gasteiger partial charge in [-0.05, 0) is 48.3 Å². The van der Waals surface area contributed by atoms with Crippen molar-refractivity contribution in [1.29, 1.82) is 0 Å². The first-order valence-electron chi connectivity index (χ1n) is 6.39. The quantitative estimate of drug-likeness (QED) is 0.558. The van der Waals surface area contributed by atoms with E-state index in [1.807, 2.05) is 0 Å². The first kappa shape index (κ1) is 16.9. The monoisotopic (exact) mass is 345 g/mol. The van der Waals surface area contributed by atoms with E-state index in [-0.39, 0.29) is 16.7 Å². The smallest absolute Gasteiger partial charge is 0.274 e. The molecule has 0 heterocycles. The number of methoxy groups -OCH3 is 1. The molecule has 0 aliphatic heterocycles. The highest BCUT2D eigenvalue weighted by Crippen LogP contribution is 2.31. The van der Waals surface area contributed by atoms with Gasteiger partial charge in [0.05, 0.1) is 17.2 Å². The number of nitrogens with one attached hydrogen (secondary N) is 1. The van der Waals surface area contributed by atoms with Gasteiger partial charge < -0.3 is 15.8 Å². The van der Waals surface area contributed by atoms with Gasteiger partial charge in [0.15, 0.2) is 0 Å². The highest BCUT2D eigenvalue weighted by atomic mass is 79.9. The number of nitrogens with two attached hydrogens (primary N) is 1. The minimum Gasteiger partial charge on any atom is -0.383 e. The molecule has 0 radical (unpaired) electrons. The lowest BCUT2D eigenvalue weighted by atomic mass is 10.1. The Hall–Kier alpha value is -1.18. The fourth-order valence-corrected chi connectivity index (χ4v) is 2.52. The molecule has 0 bridgehead atoms. The van der Waals surface area contributed by atoms with Crippen LogP contribution in [0, 0.1) is 17.0 Å². The summed E-state index contributed by atoms with van der Waals surface area (Å²) in [4.78, 5) is 10.6. The molecule has 0 spiro atoms. The summed E-state index contributed by atoms with van der Waals surface area (Å²) in [5.41, 5.74) is 6.93. The van der Waals surface area contributed by atoms with Crippen molar-refractivity contribution in [3.8, 4) is 0 Å². The number of benzene rings is 1. The molecular weight excluding hydrogens is 326 g/mol. The van der Waals surface area contributed by atoms with Crippen LogP contribution in [-0.4, -0.2) is 31.2 Å². The predicted molar refractivity (Wildman–Crippen MR) is 83.1 cm³/mol. The number of hydrogen-bond acceptors (Lipinski definition) is 5. The first-order valence-corrected chi connectivity index (χ1v) is 7.19. The lowest BCUT2D eigenvalue weighted by Crippen LogP contribution is -2.26. The lowest BCUT2D eigenvalue weighted by Gasteiger charge is -2.20. The zero-order chi connectivity index (χ0) is 15.1. The average Bonchev–Trinajstić information content (AvgIpc) is 2.38. The summed E-state index contributed by atoms with van der Waals surface area (Å²) in [7, 11) is 1.63. The molecule has 1 aromatic carbocycles. The van der Waals surface area contributed by atoms with Crippen LogP contribution in [0.4, 0.5) is 11.4 Å². The van der Waals surface area contributed by atoms with E-state index >= 15 is 0 Å². The molecule has 0 fully saturated rings. The Labute approximate surface area is 127 Å².